The quantitative estimate of drug-likeness (QED) is 0.597. The lowest BCUT2D eigenvalue weighted by Crippen LogP contribution is -2.46. The molecule has 1 saturated heterocycles. The van der Waals surface area contributed by atoms with E-state index in [-0.39, 0.29) is 29.5 Å². The molecule has 1 aliphatic rings. The zero-order chi connectivity index (χ0) is 17.9. The monoisotopic (exact) mass is 338 g/mol. The molecule has 0 bridgehead atoms. The first kappa shape index (κ1) is 18.2. The van der Waals surface area contributed by atoms with Crippen LogP contribution in [0.15, 0.2) is 0 Å². The molecule has 2 rings (SSSR count). The first-order chi connectivity index (χ1) is 11.3. The summed E-state index contributed by atoms with van der Waals surface area (Å²) in [5.41, 5.74) is 5.60. The lowest BCUT2D eigenvalue weighted by molar-refractivity contribution is -0.383. The summed E-state index contributed by atoms with van der Waals surface area (Å²) < 4.78 is 5.69. The van der Waals surface area contributed by atoms with E-state index in [4.69, 9.17) is 10.5 Å². The second-order valence-electron chi connectivity index (χ2n) is 6.63. The lowest BCUT2D eigenvalue weighted by Gasteiger charge is -2.35. The van der Waals surface area contributed by atoms with E-state index in [0.29, 0.717) is 31.5 Å². The van der Waals surface area contributed by atoms with Crippen molar-refractivity contribution in [2.24, 2.45) is 5.92 Å². The van der Waals surface area contributed by atoms with Crippen molar-refractivity contribution >= 4 is 23.3 Å². The van der Waals surface area contributed by atoms with Crippen LogP contribution >= 0.6 is 0 Å². The minimum atomic E-state index is -0.520. The fourth-order valence-electron chi connectivity index (χ4n) is 2.76. The van der Waals surface area contributed by atoms with E-state index in [1.54, 1.807) is 0 Å². The van der Waals surface area contributed by atoms with Crippen LogP contribution in [0.25, 0.3) is 0 Å². The average Bonchev–Trinajstić information content (AvgIpc) is 2.44. The van der Waals surface area contributed by atoms with Gasteiger partial charge in [-0.2, -0.15) is 9.97 Å². The van der Waals surface area contributed by atoms with Crippen LogP contribution in [0.5, 0.6) is 0 Å². The Morgan fingerprint density at radius 2 is 2.00 bits per heavy atom. The van der Waals surface area contributed by atoms with E-state index in [1.807, 2.05) is 18.7 Å². The van der Waals surface area contributed by atoms with Crippen molar-refractivity contribution < 1.29 is 9.66 Å². The van der Waals surface area contributed by atoms with E-state index in [9.17, 15) is 10.1 Å². The fraction of sp³-hybridized carbons (Fsp3) is 0.733. The maximum Gasteiger partial charge on any atom is 0.353 e. The number of nitrogens with one attached hydrogen (secondary N) is 1. The molecule has 134 valence electrons. The average molecular weight is 338 g/mol. The van der Waals surface area contributed by atoms with Gasteiger partial charge in [-0.15, -0.1) is 0 Å². The fourth-order valence-corrected chi connectivity index (χ4v) is 2.76. The van der Waals surface area contributed by atoms with Gasteiger partial charge in [-0.3, -0.25) is 10.1 Å². The third-order valence-corrected chi connectivity index (χ3v) is 3.80. The van der Waals surface area contributed by atoms with Crippen LogP contribution in [-0.4, -0.2) is 46.7 Å². The Balaban J connectivity index is 2.31. The summed E-state index contributed by atoms with van der Waals surface area (Å²) in [5.74, 6) is 0.985. The van der Waals surface area contributed by atoms with Crippen molar-refractivity contribution in [2.45, 2.75) is 46.3 Å². The Labute approximate surface area is 141 Å². The van der Waals surface area contributed by atoms with Crippen molar-refractivity contribution in [3.63, 3.8) is 0 Å². The molecular formula is C15H26N6O3. The van der Waals surface area contributed by atoms with E-state index >= 15 is 0 Å². The molecule has 3 N–H and O–H groups in total. The van der Waals surface area contributed by atoms with Crippen LogP contribution in [0, 0.1) is 16.0 Å². The molecule has 0 radical (unpaired) electrons. The number of rotatable bonds is 6. The molecule has 0 spiro atoms. The summed E-state index contributed by atoms with van der Waals surface area (Å²) in [6, 6.07) is 0. The van der Waals surface area contributed by atoms with Gasteiger partial charge in [0.05, 0.1) is 17.1 Å². The Bertz CT molecular complexity index is 585. The Morgan fingerprint density at radius 1 is 1.38 bits per heavy atom. The summed E-state index contributed by atoms with van der Waals surface area (Å²) in [6.45, 7) is 9.83. The van der Waals surface area contributed by atoms with Gasteiger partial charge in [0.2, 0.25) is 17.6 Å². The highest BCUT2D eigenvalue weighted by atomic mass is 16.6. The first-order valence-electron chi connectivity index (χ1n) is 8.24. The van der Waals surface area contributed by atoms with Gasteiger partial charge in [-0.05, 0) is 26.2 Å². The minimum absolute atomic E-state index is 0.0399. The van der Waals surface area contributed by atoms with Gasteiger partial charge < -0.3 is 20.7 Å². The number of ether oxygens (including phenoxy) is 1. The molecular weight excluding hydrogens is 312 g/mol. The van der Waals surface area contributed by atoms with Crippen LogP contribution < -0.4 is 16.0 Å². The third-order valence-electron chi connectivity index (χ3n) is 3.80. The summed E-state index contributed by atoms with van der Waals surface area (Å²) in [7, 11) is 0. The van der Waals surface area contributed by atoms with Crippen LogP contribution in [0.1, 0.15) is 34.1 Å². The number of nitrogens with two attached hydrogens (primary N) is 1. The van der Waals surface area contributed by atoms with E-state index < -0.39 is 4.92 Å². The maximum absolute atomic E-state index is 11.4. The molecule has 1 aliphatic heterocycles. The maximum atomic E-state index is 11.4. The highest BCUT2D eigenvalue weighted by Crippen LogP contribution is 2.33. The van der Waals surface area contributed by atoms with Crippen molar-refractivity contribution in [3.8, 4) is 0 Å². The van der Waals surface area contributed by atoms with Crippen molar-refractivity contribution in [2.75, 3.05) is 35.6 Å². The number of anilines is 3. The lowest BCUT2D eigenvalue weighted by atomic mass is 10.1. The molecule has 1 fully saturated rings. The molecule has 9 heteroatoms. The van der Waals surface area contributed by atoms with Gasteiger partial charge >= 0.3 is 5.69 Å². The van der Waals surface area contributed by atoms with Gasteiger partial charge in [-0.1, -0.05) is 13.8 Å². The summed E-state index contributed by atoms with van der Waals surface area (Å²) in [6.07, 6.45) is 0.866. The Morgan fingerprint density at radius 3 is 2.54 bits per heavy atom. The van der Waals surface area contributed by atoms with E-state index in [0.717, 1.165) is 6.42 Å². The topological polar surface area (TPSA) is 119 Å². The number of hydrogen-bond donors (Lipinski definition) is 2. The predicted molar refractivity (Wildman–Crippen MR) is 93.3 cm³/mol. The van der Waals surface area contributed by atoms with Gasteiger partial charge in [-0.25, -0.2) is 0 Å². The van der Waals surface area contributed by atoms with Crippen molar-refractivity contribution in [1.82, 2.24) is 9.97 Å². The van der Waals surface area contributed by atoms with Crippen LogP contribution in [0.2, 0.25) is 0 Å². The molecule has 0 saturated carbocycles. The molecule has 0 unspecified atom stereocenters. The number of nitrogen functional groups attached to an aromatic ring is 1. The second kappa shape index (κ2) is 7.61. The normalized spacial score (nSPS) is 21.1. The van der Waals surface area contributed by atoms with Gasteiger partial charge in [0.15, 0.2) is 0 Å². The Kier molecular flexibility index (Phi) is 5.76. The standard InChI is InChI=1S/C15H26N6O3/c1-9(2)5-6-17-15-18-13(16)12(21(22)23)14(19-15)20-7-10(3)24-11(4)8-20/h9-11H,5-8H2,1-4H3,(H3,16,17,18,19)/t10-,11+. The van der Waals surface area contributed by atoms with Crippen LogP contribution in [0.3, 0.4) is 0 Å². The van der Waals surface area contributed by atoms with Gasteiger partial charge in [0.1, 0.15) is 0 Å². The molecule has 1 aromatic rings. The highest BCUT2D eigenvalue weighted by molar-refractivity contribution is 5.71. The molecule has 0 aromatic carbocycles. The minimum Gasteiger partial charge on any atom is -0.378 e. The highest BCUT2D eigenvalue weighted by Gasteiger charge is 2.31. The molecule has 9 nitrogen and oxygen atoms in total. The molecule has 2 atom stereocenters. The SMILES string of the molecule is CC(C)CCNc1nc(N)c([N+](=O)[O-])c(N2C[C@@H](C)O[C@@H](C)C2)n1. The summed E-state index contributed by atoms with van der Waals surface area (Å²) in [4.78, 5) is 21.2. The number of nitrogens with zero attached hydrogens (tertiary/aromatic N) is 4. The van der Waals surface area contributed by atoms with Crippen molar-refractivity contribution in [1.29, 1.82) is 0 Å². The number of morpholine rings is 1. The molecule has 0 aliphatic carbocycles. The molecule has 0 amide bonds. The predicted octanol–water partition coefficient (Wildman–Crippen LogP) is 2.04. The molecule has 2 heterocycles. The van der Waals surface area contributed by atoms with E-state index in [2.05, 4.69) is 29.1 Å². The second-order valence-corrected chi connectivity index (χ2v) is 6.63. The van der Waals surface area contributed by atoms with Crippen molar-refractivity contribution in [3.05, 3.63) is 10.1 Å². The van der Waals surface area contributed by atoms with Gasteiger partial charge in [0.25, 0.3) is 0 Å². The van der Waals surface area contributed by atoms with Crippen LogP contribution in [0.4, 0.5) is 23.3 Å². The largest absolute Gasteiger partial charge is 0.378 e. The first-order valence-corrected chi connectivity index (χ1v) is 8.24. The Hall–Kier alpha value is -2.16. The summed E-state index contributed by atoms with van der Waals surface area (Å²) >= 11 is 0. The number of aromatic nitrogens is 2. The van der Waals surface area contributed by atoms with E-state index in [1.165, 1.54) is 0 Å². The molecule has 24 heavy (non-hydrogen) atoms. The number of hydrogen-bond acceptors (Lipinski definition) is 8. The zero-order valence-electron chi connectivity index (χ0n) is 14.7. The zero-order valence-corrected chi connectivity index (χ0v) is 14.7. The summed E-state index contributed by atoms with van der Waals surface area (Å²) in [5, 5.41) is 14.5. The van der Waals surface area contributed by atoms with Crippen LogP contribution in [-0.2, 0) is 4.74 Å². The number of nitro groups is 1. The third kappa shape index (κ3) is 4.44. The smallest absolute Gasteiger partial charge is 0.353 e. The molecule has 1 aromatic heterocycles. The van der Waals surface area contributed by atoms with Gasteiger partial charge in [0, 0.05) is 19.6 Å².